The molecule has 0 atom stereocenters. The lowest BCUT2D eigenvalue weighted by Crippen LogP contribution is -2.24. The Balaban J connectivity index is 1.32. The second-order valence-corrected chi connectivity index (χ2v) is 9.47. The van der Waals surface area contributed by atoms with Gasteiger partial charge in [-0.25, -0.2) is 9.97 Å². The Morgan fingerprint density at radius 2 is 1.58 bits per heavy atom. The van der Waals surface area contributed by atoms with Crippen LogP contribution in [0.4, 0.5) is 5.95 Å². The third-order valence-electron chi connectivity index (χ3n) is 5.74. The van der Waals surface area contributed by atoms with Gasteiger partial charge in [-0.15, -0.1) is 0 Å². The Hall–Kier alpha value is -4.37. The van der Waals surface area contributed by atoms with Crippen LogP contribution in [0, 0.1) is 0 Å². The fraction of sp³-hybridized carbons (Fsp3) is 0.172. The van der Waals surface area contributed by atoms with Gasteiger partial charge < -0.3 is 15.2 Å². The number of thioether (sulfide) groups is 1. The summed E-state index contributed by atoms with van der Waals surface area (Å²) in [5.74, 6) is 1.93. The quantitative estimate of drug-likeness (QED) is 0.147. The van der Waals surface area contributed by atoms with Gasteiger partial charge in [0.05, 0.1) is 30.7 Å². The van der Waals surface area contributed by atoms with Crippen molar-refractivity contribution in [3.63, 3.8) is 0 Å². The number of nitrogens with two attached hydrogens (primary N) is 1. The average Bonchev–Trinajstić information content (AvgIpc) is 2.95. The first-order chi connectivity index (χ1) is 18.7. The lowest BCUT2D eigenvalue weighted by molar-refractivity contribution is 0.242. The first-order valence-corrected chi connectivity index (χ1v) is 13.2. The summed E-state index contributed by atoms with van der Waals surface area (Å²) >= 11 is 1.56. The first kappa shape index (κ1) is 25.3. The second-order valence-electron chi connectivity index (χ2n) is 8.53. The van der Waals surface area contributed by atoms with E-state index in [4.69, 9.17) is 20.2 Å². The van der Waals surface area contributed by atoms with Gasteiger partial charge in [0.15, 0.2) is 5.16 Å². The lowest BCUT2D eigenvalue weighted by Gasteiger charge is -2.14. The molecule has 0 radical (unpaired) electrons. The van der Waals surface area contributed by atoms with E-state index in [0.29, 0.717) is 53.9 Å². The second kappa shape index (κ2) is 12.2. The lowest BCUT2D eigenvalue weighted by atomic mass is 10.2. The molecule has 2 aromatic heterocycles. The third-order valence-corrected chi connectivity index (χ3v) is 6.79. The highest BCUT2D eigenvalue weighted by atomic mass is 32.2. The maximum absolute atomic E-state index is 13.7. The van der Waals surface area contributed by atoms with E-state index in [-0.39, 0.29) is 11.5 Å². The van der Waals surface area contributed by atoms with E-state index >= 15 is 0 Å². The molecule has 0 spiro atoms. The Morgan fingerprint density at radius 1 is 0.842 bits per heavy atom. The molecule has 5 aromatic rings. The molecule has 2 N–H and O–H groups in total. The number of aromatic nitrogens is 4. The fourth-order valence-electron chi connectivity index (χ4n) is 3.87. The standard InChI is InChI=1S/C29H27N5O3S/c30-28-31-15-14-26(33-28)37-17-7-16-36-23-12-13-25-24(18-23)27(35)34(19-21-8-3-1-4-9-21)29(32-25)38-20-22-10-5-2-6-11-22/h1-6,8-15,18H,7,16-17,19-20H2,(H2,30,31,33). The minimum Gasteiger partial charge on any atom is -0.493 e. The van der Waals surface area contributed by atoms with E-state index in [0.717, 1.165) is 11.3 Å². The molecule has 3 aromatic carbocycles. The zero-order chi connectivity index (χ0) is 26.2. The molecule has 9 heteroatoms. The molecule has 0 fully saturated rings. The summed E-state index contributed by atoms with van der Waals surface area (Å²) in [7, 11) is 0. The Bertz CT molecular complexity index is 1560. The Kier molecular flexibility index (Phi) is 8.15. The number of hydrogen-bond donors (Lipinski definition) is 1. The number of fused-ring (bicyclic) bond motifs is 1. The van der Waals surface area contributed by atoms with Crippen LogP contribution in [0.25, 0.3) is 10.9 Å². The molecule has 0 aliphatic rings. The minimum atomic E-state index is -0.0930. The van der Waals surface area contributed by atoms with Crippen LogP contribution in [0.15, 0.2) is 101 Å². The number of benzene rings is 3. The number of hydrogen-bond acceptors (Lipinski definition) is 8. The van der Waals surface area contributed by atoms with Crippen LogP contribution in [0.5, 0.6) is 11.6 Å². The normalized spacial score (nSPS) is 10.9. The third kappa shape index (κ3) is 6.49. The highest BCUT2D eigenvalue weighted by Crippen LogP contribution is 2.25. The average molecular weight is 526 g/mol. The van der Waals surface area contributed by atoms with Gasteiger partial charge in [0, 0.05) is 24.4 Å². The molecule has 5 rings (SSSR count). The molecule has 0 bridgehead atoms. The number of rotatable bonds is 11. The summed E-state index contributed by atoms with van der Waals surface area (Å²) in [6.45, 7) is 1.27. The van der Waals surface area contributed by atoms with E-state index in [1.807, 2.05) is 60.7 Å². The van der Waals surface area contributed by atoms with Gasteiger partial charge in [-0.2, -0.15) is 4.98 Å². The van der Waals surface area contributed by atoms with Crippen LogP contribution >= 0.6 is 11.8 Å². The summed E-state index contributed by atoms with van der Waals surface area (Å²) in [6.07, 6.45) is 2.18. The van der Waals surface area contributed by atoms with Crippen LogP contribution < -0.4 is 20.8 Å². The number of nitrogen functional groups attached to an aromatic ring is 1. The van der Waals surface area contributed by atoms with Crippen LogP contribution in [-0.2, 0) is 12.3 Å². The van der Waals surface area contributed by atoms with Gasteiger partial charge in [0.1, 0.15) is 5.75 Å². The molecule has 0 amide bonds. The van der Waals surface area contributed by atoms with E-state index in [1.54, 1.807) is 34.7 Å². The van der Waals surface area contributed by atoms with Crippen molar-refractivity contribution in [3.8, 4) is 11.6 Å². The summed E-state index contributed by atoms with van der Waals surface area (Å²) in [4.78, 5) is 26.4. The van der Waals surface area contributed by atoms with Crippen LogP contribution in [0.3, 0.4) is 0 Å². The van der Waals surface area contributed by atoms with Crippen molar-refractivity contribution >= 4 is 28.6 Å². The van der Waals surface area contributed by atoms with Gasteiger partial charge in [-0.05, 0) is 29.3 Å². The van der Waals surface area contributed by atoms with E-state index in [2.05, 4.69) is 22.1 Å². The molecule has 2 heterocycles. The van der Waals surface area contributed by atoms with E-state index in [1.165, 1.54) is 5.56 Å². The van der Waals surface area contributed by atoms with Crippen molar-refractivity contribution in [2.24, 2.45) is 0 Å². The van der Waals surface area contributed by atoms with Crippen LogP contribution in [0.2, 0.25) is 0 Å². The van der Waals surface area contributed by atoms with Crippen molar-refractivity contribution < 1.29 is 9.47 Å². The molecule has 8 nitrogen and oxygen atoms in total. The summed E-state index contributed by atoms with van der Waals surface area (Å²) in [5, 5.41) is 1.21. The van der Waals surface area contributed by atoms with E-state index in [9.17, 15) is 4.79 Å². The molecule has 0 saturated carbocycles. The highest BCUT2D eigenvalue weighted by Gasteiger charge is 2.14. The minimum absolute atomic E-state index is 0.0930. The zero-order valence-electron chi connectivity index (χ0n) is 20.7. The van der Waals surface area contributed by atoms with Crippen LogP contribution in [0.1, 0.15) is 17.5 Å². The smallest absolute Gasteiger partial charge is 0.262 e. The predicted octanol–water partition coefficient (Wildman–Crippen LogP) is 4.96. The highest BCUT2D eigenvalue weighted by molar-refractivity contribution is 7.98. The van der Waals surface area contributed by atoms with Gasteiger partial charge >= 0.3 is 0 Å². The Labute approximate surface area is 224 Å². The maximum atomic E-state index is 13.7. The summed E-state index contributed by atoms with van der Waals surface area (Å²) in [6, 6.07) is 27.2. The van der Waals surface area contributed by atoms with Crippen LogP contribution in [-0.4, -0.2) is 32.7 Å². The molecular formula is C29H27N5O3S. The van der Waals surface area contributed by atoms with Crippen molar-refractivity contribution in [1.29, 1.82) is 0 Å². The SMILES string of the molecule is Nc1nccc(OCCCOc2ccc3nc(SCc4ccccc4)n(Cc4ccccc4)c(=O)c3c2)n1. The van der Waals surface area contributed by atoms with E-state index < -0.39 is 0 Å². The number of nitrogens with zero attached hydrogens (tertiary/aromatic N) is 4. The summed E-state index contributed by atoms with van der Waals surface area (Å²) < 4.78 is 13.2. The molecule has 0 saturated heterocycles. The van der Waals surface area contributed by atoms with Crippen molar-refractivity contribution in [3.05, 3.63) is 113 Å². The molecule has 0 unspecified atom stereocenters. The number of anilines is 1. The van der Waals surface area contributed by atoms with Gasteiger partial charge in [0.25, 0.3) is 5.56 Å². The topological polar surface area (TPSA) is 105 Å². The molecule has 0 aliphatic carbocycles. The largest absolute Gasteiger partial charge is 0.493 e. The Morgan fingerprint density at radius 3 is 2.34 bits per heavy atom. The monoisotopic (exact) mass is 525 g/mol. The van der Waals surface area contributed by atoms with Crippen molar-refractivity contribution in [2.75, 3.05) is 18.9 Å². The van der Waals surface area contributed by atoms with Gasteiger partial charge in [-0.1, -0.05) is 72.4 Å². The van der Waals surface area contributed by atoms with Gasteiger partial charge in [0.2, 0.25) is 11.8 Å². The summed E-state index contributed by atoms with van der Waals surface area (Å²) in [5.41, 5.74) is 8.33. The van der Waals surface area contributed by atoms with Crippen molar-refractivity contribution in [1.82, 2.24) is 19.5 Å². The van der Waals surface area contributed by atoms with Crippen molar-refractivity contribution in [2.45, 2.75) is 23.9 Å². The molecule has 192 valence electrons. The van der Waals surface area contributed by atoms with Gasteiger partial charge in [-0.3, -0.25) is 9.36 Å². The molecular weight excluding hydrogens is 498 g/mol. The molecule has 38 heavy (non-hydrogen) atoms. The first-order valence-electron chi connectivity index (χ1n) is 12.2. The molecule has 0 aliphatic heterocycles. The zero-order valence-corrected chi connectivity index (χ0v) is 21.5. The predicted molar refractivity (Wildman–Crippen MR) is 150 cm³/mol. The maximum Gasteiger partial charge on any atom is 0.262 e. The fourth-order valence-corrected chi connectivity index (χ4v) is 4.82. The number of ether oxygens (including phenoxy) is 2.